The van der Waals surface area contributed by atoms with Crippen molar-refractivity contribution in [3.63, 3.8) is 0 Å². The van der Waals surface area contributed by atoms with Crippen LogP contribution < -0.4 is 0 Å². The Morgan fingerprint density at radius 2 is 1.85 bits per heavy atom. The highest BCUT2D eigenvalue weighted by Gasteiger charge is 2.33. The molecule has 0 bridgehead atoms. The molecule has 3 rings (SSSR count). The molecule has 142 valence electrons. The fourth-order valence-electron chi connectivity index (χ4n) is 2.92. The molecule has 0 radical (unpaired) electrons. The van der Waals surface area contributed by atoms with E-state index in [4.69, 9.17) is 4.74 Å². The van der Waals surface area contributed by atoms with Gasteiger partial charge >= 0.3 is 5.97 Å². The number of ether oxygens (including phenoxy) is 1. The number of thioether (sulfide) groups is 2. The van der Waals surface area contributed by atoms with Crippen molar-refractivity contribution in [1.29, 1.82) is 0 Å². The minimum Gasteiger partial charge on any atom is -0.452 e. The molecule has 2 fully saturated rings. The van der Waals surface area contributed by atoms with Gasteiger partial charge in [0.15, 0.2) is 16.4 Å². The molecule has 6 nitrogen and oxygen atoms in total. The Balaban J connectivity index is 1.51. The zero-order valence-electron chi connectivity index (χ0n) is 14.4. The maximum atomic E-state index is 12.2. The number of rotatable bonds is 5. The molecule has 0 N–H and O–H groups in total. The van der Waals surface area contributed by atoms with Crippen LogP contribution in [0.3, 0.4) is 0 Å². The summed E-state index contributed by atoms with van der Waals surface area (Å²) in [7, 11) is -1.52. The number of carbonyl (C=O) groups excluding carboxylic acids is 2. The highest BCUT2D eigenvalue weighted by atomic mass is 32.2. The van der Waals surface area contributed by atoms with Gasteiger partial charge in [0.25, 0.3) is 5.91 Å². The number of sulfone groups is 1. The Morgan fingerprint density at radius 1 is 1.19 bits per heavy atom. The van der Waals surface area contributed by atoms with E-state index in [9.17, 15) is 18.0 Å². The first kappa shape index (κ1) is 19.6. The largest absolute Gasteiger partial charge is 0.452 e. The standard InChI is InChI=1S/C17H21NO5S3/c1-18(14-6-9-26(21,22)11-14)15(19)10-23-16(20)12-2-4-13(5-3-12)17-24-7-8-25-17/h2-5,14,17H,6-11H2,1H3/t14-/m0/s1. The fraction of sp³-hybridized carbons (Fsp3) is 0.529. The van der Waals surface area contributed by atoms with Gasteiger partial charge in [-0.3, -0.25) is 4.79 Å². The summed E-state index contributed by atoms with van der Waals surface area (Å²) in [6, 6.07) is 6.93. The van der Waals surface area contributed by atoms with E-state index in [2.05, 4.69) is 0 Å². The van der Waals surface area contributed by atoms with Crippen molar-refractivity contribution >= 4 is 45.2 Å². The lowest BCUT2D eigenvalue weighted by Gasteiger charge is -2.23. The summed E-state index contributed by atoms with van der Waals surface area (Å²) in [5.74, 6) is 1.40. The topological polar surface area (TPSA) is 80.8 Å². The van der Waals surface area contributed by atoms with E-state index < -0.39 is 21.7 Å². The van der Waals surface area contributed by atoms with Gasteiger partial charge in [0.1, 0.15) is 0 Å². The third kappa shape index (κ3) is 4.75. The fourth-order valence-corrected chi connectivity index (χ4v) is 7.56. The lowest BCUT2D eigenvalue weighted by atomic mass is 10.1. The molecular formula is C17H21NO5S3. The number of hydrogen-bond acceptors (Lipinski definition) is 7. The summed E-state index contributed by atoms with van der Waals surface area (Å²) < 4.78 is 28.5. The maximum absolute atomic E-state index is 12.2. The van der Waals surface area contributed by atoms with Crippen LogP contribution in [0.2, 0.25) is 0 Å². The van der Waals surface area contributed by atoms with E-state index in [1.165, 1.54) is 10.5 Å². The third-order valence-electron chi connectivity index (χ3n) is 4.52. The second-order valence-electron chi connectivity index (χ2n) is 6.33. The van der Waals surface area contributed by atoms with Crippen molar-refractivity contribution in [1.82, 2.24) is 4.90 Å². The molecule has 0 unspecified atom stereocenters. The van der Waals surface area contributed by atoms with E-state index in [1.807, 2.05) is 35.7 Å². The van der Waals surface area contributed by atoms with Crippen LogP contribution in [0.15, 0.2) is 24.3 Å². The van der Waals surface area contributed by atoms with Crippen LogP contribution in [0.1, 0.15) is 26.9 Å². The molecule has 0 aromatic heterocycles. The molecule has 1 amide bonds. The second kappa shape index (κ2) is 8.22. The van der Waals surface area contributed by atoms with Crippen molar-refractivity contribution < 1.29 is 22.7 Å². The Hall–Kier alpha value is -1.19. The summed E-state index contributed by atoms with van der Waals surface area (Å²) in [6.45, 7) is -0.387. The van der Waals surface area contributed by atoms with Crippen molar-refractivity contribution in [2.45, 2.75) is 17.0 Å². The average molecular weight is 416 g/mol. The van der Waals surface area contributed by atoms with Gasteiger partial charge in [0.2, 0.25) is 0 Å². The summed E-state index contributed by atoms with van der Waals surface area (Å²) in [5, 5.41) is 0. The number of benzene rings is 1. The van der Waals surface area contributed by atoms with Gasteiger partial charge in [-0.25, -0.2) is 13.2 Å². The van der Waals surface area contributed by atoms with Crippen LogP contribution >= 0.6 is 23.5 Å². The molecule has 9 heteroatoms. The average Bonchev–Trinajstić information content (AvgIpc) is 3.28. The molecule has 0 spiro atoms. The molecule has 0 aliphatic carbocycles. The van der Waals surface area contributed by atoms with Crippen LogP contribution in [0, 0.1) is 0 Å². The zero-order valence-corrected chi connectivity index (χ0v) is 16.9. The molecule has 2 saturated heterocycles. The molecule has 1 aromatic rings. The van der Waals surface area contributed by atoms with Crippen LogP contribution in [-0.2, 0) is 19.4 Å². The Morgan fingerprint density at radius 3 is 2.42 bits per heavy atom. The van der Waals surface area contributed by atoms with E-state index in [-0.39, 0.29) is 24.2 Å². The van der Waals surface area contributed by atoms with Crippen LogP contribution in [-0.4, -0.2) is 67.9 Å². The van der Waals surface area contributed by atoms with Crippen LogP contribution in [0.25, 0.3) is 0 Å². The van der Waals surface area contributed by atoms with Gasteiger partial charge in [0, 0.05) is 24.6 Å². The predicted molar refractivity (Wildman–Crippen MR) is 104 cm³/mol. The number of nitrogens with zero attached hydrogens (tertiary/aromatic N) is 1. The van der Waals surface area contributed by atoms with Gasteiger partial charge in [-0.1, -0.05) is 12.1 Å². The number of esters is 1. The van der Waals surface area contributed by atoms with Gasteiger partial charge in [-0.05, 0) is 24.1 Å². The first-order chi connectivity index (χ1) is 12.4. The smallest absolute Gasteiger partial charge is 0.338 e. The van der Waals surface area contributed by atoms with Crippen LogP contribution in [0.5, 0.6) is 0 Å². The van der Waals surface area contributed by atoms with Gasteiger partial charge in [-0.15, -0.1) is 23.5 Å². The predicted octanol–water partition coefficient (Wildman–Crippen LogP) is 1.97. The molecule has 2 aliphatic heterocycles. The first-order valence-corrected chi connectivity index (χ1v) is 12.2. The highest BCUT2D eigenvalue weighted by Crippen LogP contribution is 2.45. The summed E-state index contributed by atoms with van der Waals surface area (Å²) >= 11 is 3.79. The SMILES string of the molecule is CN(C(=O)COC(=O)c1ccc(C2SCCS2)cc1)[C@H]1CCS(=O)(=O)C1. The number of likely N-dealkylation sites (N-methyl/N-ethyl adjacent to an activating group) is 1. The quantitative estimate of drug-likeness (QED) is 0.680. The van der Waals surface area contributed by atoms with Crippen molar-refractivity contribution in [3.05, 3.63) is 35.4 Å². The summed E-state index contributed by atoms with van der Waals surface area (Å²) in [4.78, 5) is 25.7. The van der Waals surface area contributed by atoms with E-state index in [0.717, 1.165) is 11.5 Å². The monoisotopic (exact) mass is 415 g/mol. The zero-order chi connectivity index (χ0) is 18.7. The molecule has 1 aromatic carbocycles. The molecule has 0 saturated carbocycles. The van der Waals surface area contributed by atoms with Crippen LogP contribution in [0.4, 0.5) is 0 Å². The van der Waals surface area contributed by atoms with Gasteiger partial charge in [-0.2, -0.15) is 0 Å². The Kier molecular flexibility index (Phi) is 6.19. The normalized spacial score (nSPS) is 22.3. The molecule has 1 atom stereocenters. The molecule has 2 aliphatic rings. The molecule has 2 heterocycles. The van der Waals surface area contributed by atoms with E-state index >= 15 is 0 Å². The first-order valence-electron chi connectivity index (χ1n) is 8.32. The lowest BCUT2D eigenvalue weighted by Crippen LogP contribution is -2.40. The molecule has 26 heavy (non-hydrogen) atoms. The lowest BCUT2D eigenvalue weighted by molar-refractivity contribution is -0.134. The summed E-state index contributed by atoms with van der Waals surface area (Å²) in [5.41, 5.74) is 1.58. The third-order valence-corrected chi connectivity index (χ3v) is 9.37. The van der Waals surface area contributed by atoms with Gasteiger partial charge in [0.05, 0.1) is 21.7 Å². The van der Waals surface area contributed by atoms with E-state index in [0.29, 0.717) is 16.6 Å². The number of amides is 1. The number of carbonyl (C=O) groups is 2. The van der Waals surface area contributed by atoms with Crippen molar-refractivity contribution in [2.24, 2.45) is 0 Å². The summed E-state index contributed by atoms with van der Waals surface area (Å²) in [6.07, 6.45) is 0.428. The van der Waals surface area contributed by atoms with E-state index in [1.54, 1.807) is 19.2 Å². The maximum Gasteiger partial charge on any atom is 0.338 e. The molecular weight excluding hydrogens is 394 g/mol. The Bertz CT molecular complexity index is 772. The van der Waals surface area contributed by atoms with Gasteiger partial charge < -0.3 is 9.64 Å². The Labute approximate surface area is 162 Å². The van der Waals surface area contributed by atoms with Crippen molar-refractivity contribution in [3.8, 4) is 0 Å². The minimum atomic E-state index is -3.06. The highest BCUT2D eigenvalue weighted by molar-refractivity contribution is 8.19. The number of hydrogen-bond donors (Lipinski definition) is 0. The van der Waals surface area contributed by atoms with Crippen molar-refractivity contribution in [2.75, 3.05) is 36.7 Å². The second-order valence-corrected chi connectivity index (χ2v) is 11.3. The minimum absolute atomic E-state index is 0.0260.